The first-order valence-corrected chi connectivity index (χ1v) is 11.5. The largest absolute Gasteiger partial charge is 0.492 e. The second kappa shape index (κ2) is 9.66. The maximum atomic E-state index is 14.5. The third-order valence-corrected chi connectivity index (χ3v) is 6.72. The van der Waals surface area contributed by atoms with Crippen LogP contribution in [0.1, 0.15) is 35.1 Å². The van der Waals surface area contributed by atoms with Gasteiger partial charge in [-0.2, -0.15) is 0 Å². The molecule has 1 saturated heterocycles. The first-order chi connectivity index (χ1) is 15.4. The maximum Gasteiger partial charge on any atom is 0.277 e. The van der Waals surface area contributed by atoms with Crippen molar-refractivity contribution in [1.82, 2.24) is 19.9 Å². The van der Waals surface area contributed by atoms with Gasteiger partial charge in [0.05, 0.1) is 30.2 Å². The normalized spacial score (nSPS) is 16.3. The number of benzene rings is 1. The van der Waals surface area contributed by atoms with Crippen LogP contribution >= 0.6 is 34.5 Å². The molecule has 0 radical (unpaired) electrons. The molecule has 168 valence electrons. The summed E-state index contributed by atoms with van der Waals surface area (Å²) in [6.45, 7) is 3.79. The second-order valence-electron chi connectivity index (χ2n) is 7.40. The summed E-state index contributed by atoms with van der Waals surface area (Å²) in [7, 11) is 1.36. The lowest BCUT2D eigenvalue weighted by atomic mass is 10.1. The SMILES string of the molecule is COc1c(F)cc(-c2nc(NC(=O)c3cnc(Cl)cn3)sc2CN2CCC[C@H]2C)cc1Cl. The fourth-order valence-corrected chi connectivity index (χ4v) is 5.02. The summed E-state index contributed by atoms with van der Waals surface area (Å²) in [6.07, 6.45) is 4.83. The Kier molecular flexibility index (Phi) is 6.90. The second-order valence-corrected chi connectivity index (χ2v) is 9.28. The van der Waals surface area contributed by atoms with Gasteiger partial charge in [0.25, 0.3) is 5.91 Å². The predicted molar refractivity (Wildman–Crippen MR) is 123 cm³/mol. The summed E-state index contributed by atoms with van der Waals surface area (Å²) in [6, 6.07) is 3.39. The minimum absolute atomic E-state index is 0.0183. The number of nitrogens with one attached hydrogen (secondary N) is 1. The number of aromatic nitrogens is 3. The van der Waals surface area contributed by atoms with Gasteiger partial charge in [-0.1, -0.05) is 34.5 Å². The Morgan fingerprint density at radius 1 is 1.34 bits per heavy atom. The Morgan fingerprint density at radius 2 is 2.16 bits per heavy atom. The van der Waals surface area contributed by atoms with Gasteiger partial charge in [0.1, 0.15) is 10.8 Å². The molecule has 3 heterocycles. The Labute approximate surface area is 198 Å². The molecule has 1 N–H and O–H groups in total. The average Bonchev–Trinajstić information content (AvgIpc) is 3.34. The van der Waals surface area contributed by atoms with E-state index in [4.69, 9.17) is 27.9 Å². The molecule has 2 aromatic heterocycles. The number of hydrogen-bond donors (Lipinski definition) is 1. The van der Waals surface area contributed by atoms with E-state index in [9.17, 15) is 9.18 Å². The summed E-state index contributed by atoms with van der Waals surface area (Å²) in [4.78, 5) is 28.3. The lowest BCUT2D eigenvalue weighted by Crippen LogP contribution is -2.25. The average molecular weight is 496 g/mol. The van der Waals surface area contributed by atoms with E-state index in [0.29, 0.717) is 29.0 Å². The van der Waals surface area contributed by atoms with E-state index in [2.05, 4.69) is 32.1 Å². The number of amides is 1. The van der Waals surface area contributed by atoms with Crippen LogP contribution in [0.15, 0.2) is 24.5 Å². The first-order valence-electron chi connectivity index (χ1n) is 9.91. The fourth-order valence-electron chi connectivity index (χ4n) is 3.63. The van der Waals surface area contributed by atoms with Crippen molar-refractivity contribution in [3.63, 3.8) is 0 Å². The minimum Gasteiger partial charge on any atom is -0.492 e. The molecule has 0 unspecified atom stereocenters. The smallest absolute Gasteiger partial charge is 0.277 e. The molecule has 1 amide bonds. The van der Waals surface area contributed by atoms with Gasteiger partial charge in [-0.15, -0.1) is 0 Å². The maximum absolute atomic E-state index is 14.5. The summed E-state index contributed by atoms with van der Waals surface area (Å²) < 4.78 is 19.5. The molecule has 1 fully saturated rings. The Balaban J connectivity index is 1.68. The molecule has 1 aromatic carbocycles. The molecule has 1 aliphatic rings. The Morgan fingerprint density at radius 3 is 2.78 bits per heavy atom. The van der Waals surface area contributed by atoms with Crippen LogP contribution in [0.4, 0.5) is 9.52 Å². The zero-order chi connectivity index (χ0) is 22.8. The van der Waals surface area contributed by atoms with Gasteiger partial charge in [-0.3, -0.25) is 15.0 Å². The van der Waals surface area contributed by atoms with Gasteiger partial charge in [0.2, 0.25) is 0 Å². The highest BCUT2D eigenvalue weighted by Crippen LogP contribution is 2.38. The number of hydrogen-bond acceptors (Lipinski definition) is 7. The topological polar surface area (TPSA) is 80.2 Å². The first kappa shape index (κ1) is 22.8. The van der Waals surface area contributed by atoms with Crippen molar-refractivity contribution in [2.24, 2.45) is 0 Å². The molecule has 0 saturated carbocycles. The van der Waals surface area contributed by atoms with Crippen molar-refractivity contribution in [3.8, 4) is 17.0 Å². The predicted octanol–water partition coefficient (Wildman–Crippen LogP) is 5.29. The summed E-state index contributed by atoms with van der Waals surface area (Å²) in [5.74, 6) is -1.06. The molecule has 11 heteroatoms. The summed E-state index contributed by atoms with van der Waals surface area (Å²) >= 11 is 13.3. The van der Waals surface area contributed by atoms with Gasteiger partial charge < -0.3 is 4.74 Å². The molecular weight excluding hydrogens is 476 g/mol. The molecule has 1 aliphatic heterocycles. The zero-order valence-electron chi connectivity index (χ0n) is 17.4. The van der Waals surface area contributed by atoms with Gasteiger partial charge in [-0.25, -0.2) is 19.3 Å². The van der Waals surface area contributed by atoms with Crippen molar-refractivity contribution >= 4 is 45.6 Å². The van der Waals surface area contributed by atoms with Crippen LogP contribution in [0.5, 0.6) is 5.75 Å². The Bertz CT molecular complexity index is 1120. The number of nitrogens with zero attached hydrogens (tertiary/aromatic N) is 4. The van der Waals surface area contributed by atoms with E-state index in [-0.39, 0.29) is 21.6 Å². The number of thiazole rings is 1. The molecule has 0 aliphatic carbocycles. The Hall–Kier alpha value is -2.33. The van der Waals surface area contributed by atoms with Crippen molar-refractivity contribution in [2.75, 3.05) is 19.0 Å². The lowest BCUT2D eigenvalue weighted by Gasteiger charge is -2.20. The third kappa shape index (κ3) is 4.85. The zero-order valence-corrected chi connectivity index (χ0v) is 19.7. The van der Waals surface area contributed by atoms with E-state index in [1.165, 1.54) is 36.9 Å². The summed E-state index contributed by atoms with van der Waals surface area (Å²) in [5, 5.41) is 3.46. The van der Waals surface area contributed by atoms with E-state index < -0.39 is 11.7 Å². The minimum atomic E-state index is -0.578. The molecule has 4 rings (SSSR count). The quantitative estimate of drug-likeness (QED) is 0.500. The van der Waals surface area contributed by atoms with Crippen LogP contribution in [0.2, 0.25) is 10.2 Å². The lowest BCUT2D eigenvalue weighted by molar-refractivity contribution is 0.102. The van der Waals surface area contributed by atoms with Crippen molar-refractivity contribution in [2.45, 2.75) is 32.4 Å². The van der Waals surface area contributed by atoms with E-state index in [1.54, 1.807) is 6.07 Å². The molecular formula is C21H20Cl2FN5O2S. The van der Waals surface area contributed by atoms with E-state index >= 15 is 0 Å². The molecule has 32 heavy (non-hydrogen) atoms. The van der Waals surface area contributed by atoms with Crippen LogP contribution in [-0.4, -0.2) is 45.5 Å². The van der Waals surface area contributed by atoms with Crippen LogP contribution in [0.3, 0.4) is 0 Å². The van der Waals surface area contributed by atoms with E-state index in [1.807, 2.05) is 0 Å². The number of carbonyl (C=O) groups is 1. The van der Waals surface area contributed by atoms with Crippen LogP contribution in [0, 0.1) is 5.82 Å². The number of rotatable bonds is 6. The van der Waals surface area contributed by atoms with Gasteiger partial charge in [0.15, 0.2) is 16.7 Å². The number of anilines is 1. The summed E-state index contributed by atoms with van der Waals surface area (Å²) in [5.41, 5.74) is 1.19. The van der Waals surface area contributed by atoms with Gasteiger partial charge in [-0.05, 0) is 38.4 Å². The van der Waals surface area contributed by atoms with E-state index in [0.717, 1.165) is 24.3 Å². The highest BCUT2D eigenvalue weighted by molar-refractivity contribution is 7.16. The standard InChI is InChI=1S/C21H20Cl2FN5O2S/c1-11-4-3-5-29(11)10-16-18(12-6-13(22)19(31-2)14(24)7-12)27-21(32-16)28-20(30)15-8-26-17(23)9-25-15/h6-9,11H,3-5,10H2,1-2H3,(H,27,28,30)/t11-/m1/s1. The van der Waals surface area contributed by atoms with Crippen LogP contribution < -0.4 is 10.1 Å². The van der Waals surface area contributed by atoms with Gasteiger partial charge >= 0.3 is 0 Å². The number of methoxy groups -OCH3 is 1. The molecule has 1 atom stereocenters. The third-order valence-electron chi connectivity index (χ3n) is 5.28. The number of likely N-dealkylation sites (tertiary alicyclic amines) is 1. The van der Waals surface area contributed by atoms with Gasteiger partial charge in [0, 0.05) is 23.0 Å². The molecule has 3 aromatic rings. The fraction of sp³-hybridized carbons (Fsp3) is 0.333. The monoisotopic (exact) mass is 495 g/mol. The van der Waals surface area contributed by atoms with Crippen molar-refractivity contribution < 1.29 is 13.9 Å². The highest BCUT2D eigenvalue weighted by Gasteiger charge is 2.25. The number of ether oxygens (including phenoxy) is 1. The van der Waals surface area contributed by atoms with Crippen LogP contribution in [0.25, 0.3) is 11.3 Å². The van der Waals surface area contributed by atoms with Crippen molar-refractivity contribution in [3.05, 3.63) is 51.1 Å². The van der Waals surface area contributed by atoms with Crippen LogP contribution in [-0.2, 0) is 6.54 Å². The van der Waals surface area contributed by atoms with Crippen molar-refractivity contribution in [1.29, 1.82) is 0 Å². The molecule has 0 bridgehead atoms. The highest BCUT2D eigenvalue weighted by atomic mass is 35.5. The number of halogens is 3. The molecule has 7 nitrogen and oxygen atoms in total. The molecule has 0 spiro atoms. The number of carbonyl (C=O) groups excluding carboxylic acids is 1.